The molecule has 1 saturated carbocycles. The minimum atomic E-state index is -0.898. The van der Waals surface area contributed by atoms with Crippen molar-refractivity contribution in [3.05, 3.63) is 23.4 Å². The second kappa shape index (κ2) is 5.40. The van der Waals surface area contributed by atoms with Gasteiger partial charge < -0.3 is 14.7 Å². The maximum absolute atomic E-state index is 11.2. The standard InChI is InChI=1S/C15H20N2O3/c1-10-8-11(15(18)19)9-14(16-10)17-6-7-20-13-5-3-2-4-12(13)17/h8-9,12-13H,2-7H2,1H3,(H,18,19). The lowest BCUT2D eigenvalue weighted by molar-refractivity contribution is -0.00899. The summed E-state index contributed by atoms with van der Waals surface area (Å²) in [5.41, 5.74) is 1.06. The fourth-order valence-electron chi connectivity index (χ4n) is 3.30. The number of ether oxygens (including phenoxy) is 1. The lowest BCUT2D eigenvalue weighted by atomic mass is 9.90. The average Bonchev–Trinajstić information content (AvgIpc) is 2.46. The van der Waals surface area contributed by atoms with Gasteiger partial charge in [-0.15, -0.1) is 0 Å². The summed E-state index contributed by atoms with van der Waals surface area (Å²) in [6, 6.07) is 3.64. The van der Waals surface area contributed by atoms with Crippen molar-refractivity contribution in [3.8, 4) is 0 Å². The highest BCUT2D eigenvalue weighted by atomic mass is 16.5. The summed E-state index contributed by atoms with van der Waals surface area (Å²) >= 11 is 0. The van der Waals surface area contributed by atoms with E-state index in [1.54, 1.807) is 12.1 Å². The molecule has 0 radical (unpaired) electrons. The van der Waals surface area contributed by atoms with Gasteiger partial charge in [-0.05, 0) is 31.9 Å². The largest absolute Gasteiger partial charge is 0.478 e. The van der Waals surface area contributed by atoms with E-state index in [1.807, 2.05) is 6.92 Å². The second-order valence-electron chi connectivity index (χ2n) is 5.61. The maximum atomic E-state index is 11.2. The normalized spacial score (nSPS) is 26.1. The van der Waals surface area contributed by atoms with Gasteiger partial charge in [-0.3, -0.25) is 0 Å². The van der Waals surface area contributed by atoms with Crippen molar-refractivity contribution in [2.45, 2.75) is 44.8 Å². The Bertz CT molecular complexity index is 516. The van der Waals surface area contributed by atoms with Crippen LogP contribution in [0.1, 0.15) is 41.7 Å². The lowest BCUT2D eigenvalue weighted by Crippen LogP contribution is -2.53. The maximum Gasteiger partial charge on any atom is 0.335 e. The number of carboxylic acids is 1. The molecule has 1 saturated heterocycles. The van der Waals surface area contributed by atoms with Crippen LogP contribution in [0, 0.1) is 6.92 Å². The van der Waals surface area contributed by atoms with Crippen molar-refractivity contribution in [2.24, 2.45) is 0 Å². The van der Waals surface area contributed by atoms with Gasteiger partial charge in [-0.1, -0.05) is 12.8 Å². The molecule has 2 aliphatic rings. The molecule has 3 rings (SSSR count). The molecule has 1 N–H and O–H groups in total. The van der Waals surface area contributed by atoms with Gasteiger partial charge in [0.2, 0.25) is 0 Å². The molecule has 1 aromatic rings. The van der Waals surface area contributed by atoms with Gasteiger partial charge in [0, 0.05) is 12.2 Å². The van der Waals surface area contributed by atoms with Crippen LogP contribution in [0.3, 0.4) is 0 Å². The molecule has 1 aromatic heterocycles. The Morgan fingerprint density at radius 1 is 1.40 bits per heavy atom. The summed E-state index contributed by atoms with van der Waals surface area (Å²) < 4.78 is 5.86. The molecule has 2 heterocycles. The number of nitrogens with zero attached hydrogens (tertiary/aromatic N) is 2. The number of hydrogen-bond acceptors (Lipinski definition) is 4. The zero-order chi connectivity index (χ0) is 14.1. The lowest BCUT2D eigenvalue weighted by Gasteiger charge is -2.44. The Balaban J connectivity index is 1.92. The first-order valence-corrected chi connectivity index (χ1v) is 7.25. The third-order valence-corrected chi connectivity index (χ3v) is 4.21. The number of morpholine rings is 1. The predicted octanol–water partition coefficient (Wildman–Crippen LogP) is 2.24. The molecular formula is C15H20N2O3. The van der Waals surface area contributed by atoms with Crippen LogP contribution >= 0.6 is 0 Å². The third kappa shape index (κ3) is 2.50. The molecule has 5 nitrogen and oxygen atoms in total. The molecule has 2 fully saturated rings. The molecule has 1 aliphatic heterocycles. The van der Waals surface area contributed by atoms with Crippen molar-refractivity contribution >= 4 is 11.8 Å². The average molecular weight is 276 g/mol. The van der Waals surface area contributed by atoms with E-state index >= 15 is 0 Å². The first kappa shape index (κ1) is 13.4. The minimum absolute atomic E-state index is 0.271. The molecule has 2 unspecified atom stereocenters. The van der Waals surface area contributed by atoms with Gasteiger partial charge in [0.05, 0.1) is 24.3 Å². The van der Waals surface area contributed by atoms with Gasteiger partial charge in [0.25, 0.3) is 0 Å². The molecule has 0 spiro atoms. The number of aryl methyl sites for hydroxylation is 1. The molecule has 0 amide bonds. The van der Waals surface area contributed by atoms with E-state index in [1.165, 1.54) is 12.8 Å². The Morgan fingerprint density at radius 3 is 3.00 bits per heavy atom. The quantitative estimate of drug-likeness (QED) is 0.897. The summed E-state index contributed by atoms with van der Waals surface area (Å²) in [6.45, 7) is 3.32. The van der Waals surface area contributed by atoms with E-state index in [-0.39, 0.29) is 6.10 Å². The minimum Gasteiger partial charge on any atom is -0.478 e. The van der Waals surface area contributed by atoms with Crippen LogP contribution in [-0.2, 0) is 4.74 Å². The summed E-state index contributed by atoms with van der Waals surface area (Å²) in [6.07, 6.45) is 4.89. The number of fused-ring (bicyclic) bond motifs is 1. The first-order valence-electron chi connectivity index (χ1n) is 7.25. The number of aromatic nitrogens is 1. The highest BCUT2D eigenvalue weighted by Gasteiger charge is 2.35. The van der Waals surface area contributed by atoms with Crippen LogP contribution in [-0.4, -0.2) is 41.4 Å². The number of rotatable bonds is 2. The van der Waals surface area contributed by atoms with Gasteiger partial charge in [-0.2, -0.15) is 0 Å². The number of pyridine rings is 1. The van der Waals surface area contributed by atoms with E-state index in [4.69, 9.17) is 4.74 Å². The summed E-state index contributed by atoms with van der Waals surface area (Å²) in [4.78, 5) is 18.0. The third-order valence-electron chi connectivity index (χ3n) is 4.21. The molecular weight excluding hydrogens is 256 g/mol. The topological polar surface area (TPSA) is 62.7 Å². The van der Waals surface area contributed by atoms with E-state index < -0.39 is 5.97 Å². The van der Waals surface area contributed by atoms with Gasteiger partial charge in [0.15, 0.2) is 0 Å². The molecule has 1 aliphatic carbocycles. The van der Waals surface area contributed by atoms with Gasteiger partial charge >= 0.3 is 5.97 Å². The smallest absolute Gasteiger partial charge is 0.335 e. The summed E-state index contributed by atoms with van der Waals surface area (Å²) in [5.74, 6) is -0.118. The Hall–Kier alpha value is -1.62. The Labute approximate surface area is 118 Å². The van der Waals surface area contributed by atoms with Crippen LogP contribution in [0.5, 0.6) is 0 Å². The summed E-state index contributed by atoms with van der Waals surface area (Å²) in [7, 11) is 0. The molecule has 0 aromatic carbocycles. The van der Waals surface area contributed by atoms with Crippen LogP contribution in [0.4, 0.5) is 5.82 Å². The number of anilines is 1. The number of carboxylic acid groups (broad SMARTS) is 1. The second-order valence-corrected chi connectivity index (χ2v) is 5.61. The van der Waals surface area contributed by atoms with Crippen molar-refractivity contribution < 1.29 is 14.6 Å². The highest BCUT2D eigenvalue weighted by molar-refractivity contribution is 5.88. The van der Waals surface area contributed by atoms with Crippen molar-refractivity contribution in [2.75, 3.05) is 18.1 Å². The number of aromatic carboxylic acids is 1. The van der Waals surface area contributed by atoms with Crippen LogP contribution in [0.2, 0.25) is 0 Å². The predicted molar refractivity (Wildman–Crippen MR) is 75.3 cm³/mol. The van der Waals surface area contributed by atoms with E-state index in [0.29, 0.717) is 18.2 Å². The fraction of sp³-hybridized carbons (Fsp3) is 0.600. The van der Waals surface area contributed by atoms with Gasteiger partial charge in [0.1, 0.15) is 5.82 Å². The Morgan fingerprint density at radius 2 is 2.20 bits per heavy atom. The van der Waals surface area contributed by atoms with Gasteiger partial charge in [-0.25, -0.2) is 9.78 Å². The summed E-state index contributed by atoms with van der Waals surface area (Å²) in [5, 5.41) is 9.19. The van der Waals surface area contributed by atoms with Crippen LogP contribution in [0.25, 0.3) is 0 Å². The number of hydrogen-bond donors (Lipinski definition) is 1. The van der Waals surface area contributed by atoms with E-state index in [2.05, 4.69) is 9.88 Å². The SMILES string of the molecule is Cc1cc(C(=O)O)cc(N2CCOC3CCCCC32)n1. The van der Waals surface area contributed by atoms with Crippen molar-refractivity contribution in [1.29, 1.82) is 0 Å². The van der Waals surface area contributed by atoms with Crippen molar-refractivity contribution in [1.82, 2.24) is 4.98 Å². The molecule has 20 heavy (non-hydrogen) atoms. The zero-order valence-corrected chi connectivity index (χ0v) is 11.7. The number of carbonyl (C=O) groups is 1. The van der Waals surface area contributed by atoms with Crippen molar-refractivity contribution in [3.63, 3.8) is 0 Å². The van der Waals surface area contributed by atoms with E-state index in [0.717, 1.165) is 30.9 Å². The first-order chi connectivity index (χ1) is 9.65. The molecule has 108 valence electrons. The molecule has 0 bridgehead atoms. The highest BCUT2D eigenvalue weighted by Crippen LogP contribution is 2.31. The molecule has 5 heteroatoms. The zero-order valence-electron chi connectivity index (χ0n) is 11.7. The van der Waals surface area contributed by atoms with Crippen LogP contribution in [0.15, 0.2) is 12.1 Å². The van der Waals surface area contributed by atoms with Crippen LogP contribution < -0.4 is 4.90 Å². The molecule has 2 atom stereocenters. The monoisotopic (exact) mass is 276 g/mol. The Kier molecular flexibility index (Phi) is 3.61. The fourth-order valence-corrected chi connectivity index (χ4v) is 3.30. The van der Waals surface area contributed by atoms with E-state index in [9.17, 15) is 9.90 Å².